The van der Waals surface area contributed by atoms with E-state index >= 15 is 0 Å². The van der Waals surface area contributed by atoms with Gasteiger partial charge in [-0.25, -0.2) is 8.42 Å². The zero-order valence-electron chi connectivity index (χ0n) is 12.6. The van der Waals surface area contributed by atoms with Gasteiger partial charge in [0.2, 0.25) is 5.91 Å². The summed E-state index contributed by atoms with van der Waals surface area (Å²) in [6.07, 6.45) is 1.77. The van der Waals surface area contributed by atoms with Crippen LogP contribution in [0.25, 0.3) is 0 Å². The Hall–Kier alpha value is -1.11. The van der Waals surface area contributed by atoms with E-state index in [-0.39, 0.29) is 17.7 Å². The van der Waals surface area contributed by atoms with Crippen molar-refractivity contribution in [1.82, 2.24) is 10.6 Å². The molecule has 0 bridgehead atoms. The molecule has 5 nitrogen and oxygen atoms in total. The van der Waals surface area contributed by atoms with Crippen LogP contribution < -0.4 is 10.6 Å². The van der Waals surface area contributed by atoms with Gasteiger partial charge in [0.05, 0.1) is 10.6 Å². The Morgan fingerprint density at radius 1 is 1.36 bits per heavy atom. The summed E-state index contributed by atoms with van der Waals surface area (Å²) in [6, 6.07) is 4.77. The Balaban J connectivity index is 2.02. The van der Waals surface area contributed by atoms with Gasteiger partial charge in [0, 0.05) is 30.6 Å². The third-order valence-corrected chi connectivity index (χ3v) is 5.72. The topological polar surface area (TPSA) is 75.3 Å². The minimum Gasteiger partial charge on any atom is -0.356 e. The quantitative estimate of drug-likeness (QED) is 0.828. The summed E-state index contributed by atoms with van der Waals surface area (Å²) >= 11 is 5.99. The Kier molecular flexibility index (Phi) is 5.83. The second kappa shape index (κ2) is 7.44. The summed E-state index contributed by atoms with van der Waals surface area (Å²) in [7, 11) is -3.22. The lowest BCUT2D eigenvalue weighted by molar-refractivity contribution is -0.121. The molecule has 0 radical (unpaired) electrons. The number of amides is 1. The lowest BCUT2D eigenvalue weighted by atomic mass is 10.0. The average Bonchev–Trinajstić information content (AvgIpc) is 2.47. The summed E-state index contributed by atoms with van der Waals surface area (Å²) in [4.78, 5) is 11.9. The molecule has 0 aromatic heterocycles. The first-order chi connectivity index (χ1) is 10.4. The van der Waals surface area contributed by atoms with E-state index in [1.165, 1.54) is 0 Å². The zero-order valence-corrected chi connectivity index (χ0v) is 14.1. The molecule has 122 valence electrons. The van der Waals surface area contributed by atoms with Crippen LogP contribution in [0, 0.1) is 0 Å². The molecule has 1 aromatic carbocycles. The van der Waals surface area contributed by atoms with Crippen molar-refractivity contribution in [2.45, 2.75) is 37.1 Å². The number of carbonyl (C=O) groups is 1. The predicted molar refractivity (Wildman–Crippen MR) is 86.8 cm³/mol. The first-order valence-corrected chi connectivity index (χ1v) is 9.49. The van der Waals surface area contributed by atoms with Gasteiger partial charge in [-0.1, -0.05) is 18.5 Å². The minimum absolute atomic E-state index is 0.00379. The molecule has 0 saturated carbocycles. The van der Waals surface area contributed by atoms with Crippen molar-refractivity contribution in [2.24, 2.45) is 0 Å². The molecule has 1 amide bonds. The molecule has 1 unspecified atom stereocenters. The van der Waals surface area contributed by atoms with Crippen molar-refractivity contribution in [2.75, 3.05) is 18.8 Å². The molecule has 1 heterocycles. The van der Waals surface area contributed by atoms with Crippen LogP contribution in [-0.2, 0) is 14.6 Å². The SMILES string of the molecule is CCCNC(=O)CCNC1CCS(=O)(=O)c2ccc(Cl)cc21. The van der Waals surface area contributed by atoms with E-state index in [0.717, 1.165) is 6.42 Å². The van der Waals surface area contributed by atoms with Crippen molar-refractivity contribution < 1.29 is 13.2 Å². The number of halogens is 1. The highest BCUT2D eigenvalue weighted by Crippen LogP contribution is 2.33. The molecule has 1 atom stereocenters. The van der Waals surface area contributed by atoms with Crippen LogP contribution in [0.2, 0.25) is 5.02 Å². The summed E-state index contributed by atoms with van der Waals surface area (Å²) in [5.74, 6) is 0.116. The molecule has 0 spiro atoms. The number of hydrogen-bond acceptors (Lipinski definition) is 4. The molecule has 2 rings (SSSR count). The molecular formula is C15H21ClN2O3S. The van der Waals surface area contributed by atoms with Gasteiger partial charge in [0.25, 0.3) is 0 Å². The number of fused-ring (bicyclic) bond motifs is 1. The van der Waals surface area contributed by atoms with Gasteiger partial charge in [0.15, 0.2) is 9.84 Å². The lowest BCUT2D eigenvalue weighted by Gasteiger charge is -2.26. The summed E-state index contributed by atoms with van der Waals surface area (Å²) in [6.45, 7) is 3.19. The molecule has 7 heteroatoms. The average molecular weight is 345 g/mol. The number of nitrogens with one attached hydrogen (secondary N) is 2. The van der Waals surface area contributed by atoms with E-state index in [0.29, 0.717) is 41.4 Å². The fourth-order valence-corrected chi connectivity index (χ4v) is 4.32. The van der Waals surface area contributed by atoms with Crippen molar-refractivity contribution in [3.8, 4) is 0 Å². The van der Waals surface area contributed by atoms with Crippen molar-refractivity contribution in [3.05, 3.63) is 28.8 Å². The maximum Gasteiger partial charge on any atom is 0.221 e. The summed E-state index contributed by atoms with van der Waals surface area (Å²) in [5.41, 5.74) is 0.702. The standard InChI is InChI=1S/C15H21ClN2O3S/c1-2-7-18-15(19)5-8-17-13-6-9-22(20,21)14-4-3-11(16)10-12(13)14/h3-4,10,13,17H,2,5-9H2,1H3,(H,18,19). The largest absolute Gasteiger partial charge is 0.356 e. The number of carbonyl (C=O) groups excluding carboxylic acids is 1. The molecule has 0 saturated heterocycles. The molecule has 0 aliphatic carbocycles. The van der Waals surface area contributed by atoms with E-state index < -0.39 is 9.84 Å². The minimum atomic E-state index is -3.22. The number of rotatable bonds is 6. The fourth-order valence-electron chi connectivity index (χ4n) is 2.54. The third kappa shape index (κ3) is 4.21. The number of benzene rings is 1. The van der Waals surface area contributed by atoms with Crippen molar-refractivity contribution in [3.63, 3.8) is 0 Å². The van der Waals surface area contributed by atoms with Gasteiger partial charge in [-0.3, -0.25) is 4.79 Å². The monoisotopic (exact) mass is 344 g/mol. The number of sulfone groups is 1. The van der Waals surface area contributed by atoms with E-state index in [2.05, 4.69) is 10.6 Å². The summed E-state index contributed by atoms with van der Waals surface area (Å²) in [5, 5.41) is 6.60. The molecule has 1 aliphatic rings. The predicted octanol–water partition coefficient (Wildman–Crippen LogP) is 2.06. The highest BCUT2D eigenvalue weighted by Gasteiger charge is 2.30. The zero-order chi connectivity index (χ0) is 16.2. The second-order valence-electron chi connectivity index (χ2n) is 5.40. The Labute approximate surface area is 136 Å². The van der Waals surface area contributed by atoms with Crippen LogP contribution in [0.3, 0.4) is 0 Å². The van der Waals surface area contributed by atoms with Crippen LogP contribution >= 0.6 is 11.6 Å². The highest BCUT2D eigenvalue weighted by molar-refractivity contribution is 7.91. The highest BCUT2D eigenvalue weighted by atomic mass is 35.5. The smallest absolute Gasteiger partial charge is 0.221 e. The van der Waals surface area contributed by atoms with Crippen LogP contribution in [0.4, 0.5) is 0 Å². The third-order valence-electron chi connectivity index (χ3n) is 3.67. The molecular weight excluding hydrogens is 324 g/mol. The Morgan fingerprint density at radius 2 is 2.14 bits per heavy atom. The van der Waals surface area contributed by atoms with Crippen LogP contribution in [0.1, 0.15) is 37.8 Å². The lowest BCUT2D eigenvalue weighted by Crippen LogP contribution is -2.33. The van der Waals surface area contributed by atoms with Crippen molar-refractivity contribution >= 4 is 27.3 Å². The molecule has 0 fully saturated rings. The van der Waals surface area contributed by atoms with Gasteiger partial charge < -0.3 is 10.6 Å². The molecule has 1 aliphatic heterocycles. The molecule has 1 aromatic rings. The fraction of sp³-hybridized carbons (Fsp3) is 0.533. The maximum atomic E-state index is 12.1. The van der Waals surface area contributed by atoms with Crippen LogP contribution in [-0.4, -0.2) is 33.2 Å². The van der Waals surface area contributed by atoms with E-state index in [1.54, 1.807) is 18.2 Å². The van der Waals surface area contributed by atoms with E-state index in [9.17, 15) is 13.2 Å². The van der Waals surface area contributed by atoms with E-state index in [1.807, 2.05) is 6.92 Å². The van der Waals surface area contributed by atoms with Crippen LogP contribution in [0.15, 0.2) is 23.1 Å². The van der Waals surface area contributed by atoms with E-state index in [4.69, 9.17) is 11.6 Å². The molecule has 22 heavy (non-hydrogen) atoms. The van der Waals surface area contributed by atoms with Crippen molar-refractivity contribution in [1.29, 1.82) is 0 Å². The molecule has 2 N–H and O–H groups in total. The van der Waals surface area contributed by atoms with Crippen LogP contribution in [0.5, 0.6) is 0 Å². The van der Waals surface area contributed by atoms with Gasteiger partial charge in [0.1, 0.15) is 0 Å². The normalized spacial score (nSPS) is 19.5. The van der Waals surface area contributed by atoms with Gasteiger partial charge in [-0.15, -0.1) is 0 Å². The summed E-state index contributed by atoms with van der Waals surface area (Å²) < 4.78 is 24.2. The maximum absolute atomic E-state index is 12.1. The Morgan fingerprint density at radius 3 is 2.86 bits per heavy atom. The van der Waals surface area contributed by atoms with Gasteiger partial charge in [-0.2, -0.15) is 0 Å². The van der Waals surface area contributed by atoms with Gasteiger partial charge in [-0.05, 0) is 36.6 Å². The number of hydrogen-bond donors (Lipinski definition) is 2. The first kappa shape index (κ1) is 17.2. The Bertz CT molecular complexity index is 646. The second-order valence-corrected chi connectivity index (χ2v) is 7.91. The van der Waals surface area contributed by atoms with Gasteiger partial charge >= 0.3 is 0 Å². The first-order valence-electron chi connectivity index (χ1n) is 7.46.